The van der Waals surface area contributed by atoms with Crippen molar-refractivity contribution in [2.24, 2.45) is 0 Å². The molecule has 0 spiro atoms. The third-order valence-corrected chi connectivity index (χ3v) is 12.1. The van der Waals surface area contributed by atoms with Gasteiger partial charge < -0.3 is 9.59 Å². The summed E-state index contributed by atoms with van der Waals surface area (Å²) in [5, 5.41) is 0. The molecule has 0 aliphatic heterocycles. The molecule has 0 unspecified atom stereocenters. The average molecular weight is 413 g/mol. The molecule has 0 atom stereocenters. The molecule has 0 heterocycles. The Labute approximate surface area is 165 Å². The van der Waals surface area contributed by atoms with Crippen LogP contribution in [0.15, 0.2) is 0 Å². The minimum absolute atomic E-state index is 0.393. The molecule has 0 fully saturated rings. The predicted molar refractivity (Wildman–Crippen MR) is 122 cm³/mol. The lowest BCUT2D eigenvalue weighted by Crippen LogP contribution is -2.30. The fourth-order valence-corrected chi connectivity index (χ4v) is 10.5. The zero-order chi connectivity index (χ0) is 20.1. The van der Waals surface area contributed by atoms with Crippen LogP contribution in [0.4, 0.5) is 0 Å². The van der Waals surface area contributed by atoms with Crippen molar-refractivity contribution in [1.29, 1.82) is 0 Å². The van der Waals surface area contributed by atoms with Crippen molar-refractivity contribution in [3.05, 3.63) is 0 Å². The van der Waals surface area contributed by atoms with E-state index in [0.29, 0.717) is 0 Å². The molecule has 6 heteroatoms. The van der Waals surface area contributed by atoms with E-state index in [9.17, 15) is 9.59 Å². The standard InChI is InChI=1S/C20H42O4S2/c1-7-13-25(14-8-2,15-9-3)23-19(21)20(22)24-26(16-10-4,17-11-5)18-12-6/h7-18H2,1-6H3/p+2. The van der Waals surface area contributed by atoms with E-state index in [1.165, 1.54) is 0 Å². The average Bonchev–Trinajstić information content (AvgIpc) is 2.56. The summed E-state index contributed by atoms with van der Waals surface area (Å²) in [6.45, 7) is 12.9. The predicted octanol–water partition coefficient (Wildman–Crippen LogP) is 5.92. The molecule has 0 saturated heterocycles. The number of hydrogen-bond donors (Lipinski definition) is 0. The lowest BCUT2D eigenvalue weighted by atomic mass is 10.6. The number of hydrogen-bond acceptors (Lipinski definition) is 2. The van der Waals surface area contributed by atoms with E-state index < -0.39 is 32.6 Å². The minimum atomic E-state index is -1.42. The topological polar surface area (TPSA) is 61.3 Å². The second-order valence-electron chi connectivity index (χ2n) is 6.93. The van der Waals surface area contributed by atoms with Crippen LogP contribution in [-0.2, 0) is 8.37 Å². The molecule has 0 amide bonds. The van der Waals surface area contributed by atoms with Gasteiger partial charge in [-0.15, -0.1) is 0 Å². The largest absolute Gasteiger partial charge is 0.676 e. The van der Waals surface area contributed by atoms with Gasteiger partial charge in [-0.25, -0.2) is 0 Å². The molecule has 0 aliphatic rings. The van der Waals surface area contributed by atoms with Gasteiger partial charge in [0, 0.05) is 55.1 Å². The van der Waals surface area contributed by atoms with Crippen LogP contribution in [0.1, 0.15) is 80.1 Å². The van der Waals surface area contributed by atoms with E-state index >= 15 is 0 Å². The third-order valence-electron chi connectivity index (χ3n) is 4.15. The Balaban J connectivity index is 5.26. The van der Waals surface area contributed by atoms with Gasteiger partial charge in [0.25, 0.3) is 0 Å². The summed E-state index contributed by atoms with van der Waals surface area (Å²) in [5.74, 6) is 4.90. The zero-order valence-corrected chi connectivity index (χ0v) is 19.6. The fourth-order valence-electron chi connectivity index (χ4n) is 3.50. The third kappa shape index (κ3) is 8.55. The molecular weight excluding hydrogens is 368 g/mol. The number of carbonyl (C=O) groups excluding carboxylic acids is 2. The van der Waals surface area contributed by atoms with Gasteiger partial charge in [0.05, 0.1) is 0 Å². The first-order valence-electron chi connectivity index (χ1n) is 10.4. The Bertz CT molecular complexity index is 341. The Kier molecular flexibility index (Phi) is 13.6. The first kappa shape index (κ1) is 25.6. The molecule has 0 rings (SSSR count). The highest BCUT2D eigenvalue weighted by Crippen LogP contribution is 2.53. The maximum atomic E-state index is 10.5. The Morgan fingerprint density at radius 2 is 0.692 bits per heavy atom. The Morgan fingerprint density at radius 3 is 0.846 bits per heavy atom. The molecule has 2 N–H and O–H groups in total. The Hall–Kier alpha value is -0.360. The molecule has 26 heavy (non-hydrogen) atoms. The molecule has 0 aromatic carbocycles. The second-order valence-corrected chi connectivity index (χ2v) is 13.6. The van der Waals surface area contributed by atoms with Gasteiger partial charge in [-0.3, -0.25) is 8.37 Å². The molecule has 0 saturated carbocycles. The van der Waals surface area contributed by atoms with Crippen molar-refractivity contribution >= 4 is 32.6 Å². The van der Waals surface area contributed by atoms with Crippen molar-refractivity contribution < 1.29 is 18.0 Å². The summed E-state index contributed by atoms with van der Waals surface area (Å²) >= 11 is 0. The summed E-state index contributed by atoms with van der Waals surface area (Å²) in [6, 6.07) is 0. The maximum Gasteiger partial charge on any atom is 0.676 e. The van der Waals surface area contributed by atoms with Crippen molar-refractivity contribution in [1.82, 2.24) is 0 Å². The van der Waals surface area contributed by atoms with Gasteiger partial charge >= 0.3 is 11.9 Å². The van der Waals surface area contributed by atoms with Crippen LogP contribution in [-0.4, -0.2) is 56.0 Å². The highest BCUT2D eigenvalue weighted by Gasteiger charge is 2.48. The lowest BCUT2D eigenvalue weighted by Gasteiger charge is -2.32. The summed E-state index contributed by atoms with van der Waals surface area (Å²) < 4.78 is 12.1. The van der Waals surface area contributed by atoms with Crippen LogP contribution in [0, 0.1) is 0 Å². The first-order valence-corrected chi connectivity index (χ1v) is 14.5. The van der Waals surface area contributed by atoms with Crippen molar-refractivity contribution in [2.75, 3.05) is 34.5 Å². The second kappa shape index (κ2) is 13.8. The van der Waals surface area contributed by atoms with E-state index in [4.69, 9.17) is 8.37 Å². The summed E-state index contributed by atoms with van der Waals surface area (Å²) in [6.07, 6.45) is 6.09. The molecular formula is C20H44O4S2+2. The zero-order valence-electron chi connectivity index (χ0n) is 18.0. The van der Waals surface area contributed by atoms with E-state index in [1.54, 1.807) is 0 Å². The van der Waals surface area contributed by atoms with Gasteiger partial charge in [-0.2, -0.15) is 0 Å². The van der Waals surface area contributed by atoms with E-state index in [2.05, 4.69) is 41.5 Å². The van der Waals surface area contributed by atoms with Gasteiger partial charge in [-0.05, 0) is 38.5 Å². The monoisotopic (exact) mass is 412 g/mol. The highest BCUT2D eigenvalue weighted by molar-refractivity contribution is 8.30. The highest BCUT2D eigenvalue weighted by atomic mass is 32.3. The molecule has 4 nitrogen and oxygen atoms in total. The number of rotatable bonds is 14. The van der Waals surface area contributed by atoms with Crippen LogP contribution in [0.5, 0.6) is 0 Å². The van der Waals surface area contributed by atoms with Crippen LogP contribution in [0.25, 0.3) is 0 Å². The summed E-state index contributed by atoms with van der Waals surface area (Å²) in [7, 11) is -2.84. The van der Waals surface area contributed by atoms with Crippen LogP contribution in [0.2, 0.25) is 0 Å². The van der Waals surface area contributed by atoms with Gasteiger partial charge in [0.1, 0.15) is 0 Å². The van der Waals surface area contributed by atoms with Crippen molar-refractivity contribution in [3.63, 3.8) is 0 Å². The SMILES string of the molecule is CCCS(CCC)(CCC)OC(=[OH+])C(=[OH+])OS(CCC)(CCC)CCC. The van der Waals surface area contributed by atoms with Crippen LogP contribution >= 0.6 is 20.6 Å². The van der Waals surface area contributed by atoms with E-state index in [-0.39, 0.29) is 0 Å². The van der Waals surface area contributed by atoms with Crippen LogP contribution in [0.3, 0.4) is 0 Å². The molecule has 0 aliphatic carbocycles. The minimum Gasteiger partial charge on any atom is -0.324 e. The lowest BCUT2D eigenvalue weighted by molar-refractivity contribution is 0.449. The molecule has 0 aromatic rings. The molecule has 0 bridgehead atoms. The van der Waals surface area contributed by atoms with Gasteiger partial charge in [0.2, 0.25) is 0 Å². The van der Waals surface area contributed by atoms with E-state index in [0.717, 1.165) is 73.0 Å². The fraction of sp³-hybridized carbons (Fsp3) is 0.900. The molecule has 158 valence electrons. The van der Waals surface area contributed by atoms with Crippen molar-refractivity contribution in [2.45, 2.75) is 80.1 Å². The summed E-state index contributed by atoms with van der Waals surface area (Å²) in [5.41, 5.74) is 0. The Morgan fingerprint density at radius 1 is 0.500 bits per heavy atom. The summed E-state index contributed by atoms with van der Waals surface area (Å²) in [4.78, 5) is 21.0. The maximum absolute atomic E-state index is 10.5. The van der Waals surface area contributed by atoms with Gasteiger partial charge in [0.15, 0.2) is 0 Å². The normalized spacial score (nSPS) is 13.3. The quantitative estimate of drug-likeness (QED) is 0.262. The smallest absolute Gasteiger partial charge is 0.324 e. The first-order chi connectivity index (χ1) is 12.4. The van der Waals surface area contributed by atoms with E-state index in [1.807, 2.05) is 0 Å². The van der Waals surface area contributed by atoms with Crippen LogP contribution < -0.4 is 0 Å². The molecule has 0 radical (unpaired) electrons. The molecule has 0 aromatic heterocycles. The van der Waals surface area contributed by atoms with Gasteiger partial charge in [-0.1, -0.05) is 41.5 Å². The van der Waals surface area contributed by atoms with Crippen molar-refractivity contribution in [3.8, 4) is 0 Å².